The van der Waals surface area contributed by atoms with Crippen LogP contribution in [0.2, 0.25) is 4.34 Å². The SMILES string of the molecule is O=C(NCc1nc(-c2cccc(F)c2)cs1)[C@@H]1CCCN1S(=O)(=O)c1ccc(Cl)s1. The van der Waals surface area contributed by atoms with Gasteiger partial charge in [0.05, 0.1) is 16.6 Å². The summed E-state index contributed by atoms with van der Waals surface area (Å²) in [6, 6.07) is 8.36. The molecule has 1 aromatic carbocycles. The zero-order valence-electron chi connectivity index (χ0n) is 15.5. The van der Waals surface area contributed by atoms with Gasteiger partial charge in [0.25, 0.3) is 10.0 Å². The van der Waals surface area contributed by atoms with Crippen molar-refractivity contribution < 1.29 is 17.6 Å². The van der Waals surface area contributed by atoms with E-state index < -0.39 is 16.1 Å². The number of sulfonamides is 1. The molecule has 2 aromatic heterocycles. The highest BCUT2D eigenvalue weighted by atomic mass is 35.5. The molecular weight excluding hydrogens is 469 g/mol. The van der Waals surface area contributed by atoms with Crippen molar-refractivity contribution in [3.63, 3.8) is 0 Å². The molecule has 3 heterocycles. The molecule has 1 atom stereocenters. The molecule has 1 N–H and O–H groups in total. The number of benzene rings is 1. The Hall–Kier alpha value is -1.85. The smallest absolute Gasteiger partial charge is 0.253 e. The first-order chi connectivity index (χ1) is 14.3. The number of rotatable bonds is 6. The third-order valence-electron chi connectivity index (χ3n) is 4.70. The number of halogens is 2. The third-order valence-corrected chi connectivity index (χ3v) is 9.16. The standard InChI is InChI=1S/C19H17ClFN3O3S3/c20-16-6-7-18(29-16)30(26,27)24-8-2-5-15(24)19(25)22-10-17-23-14(11-28-17)12-3-1-4-13(21)9-12/h1,3-4,6-7,9,11,15H,2,5,8,10H2,(H,22,25)/t15-/m0/s1. The minimum Gasteiger partial charge on any atom is -0.348 e. The second-order valence-electron chi connectivity index (χ2n) is 6.69. The van der Waals surface area contributed by atoms with Crippen LogP contribution in [0.15, 0.2) is 46.0 Å². The Morgan fingerprint density at radius 2 is 2.17 bits per heavy atom. The monoisotopic (exact) mass is 485 g/mol. The normalized spacial score (nSPS) is 17.3. The first-order valence-electron chi connectivity index (χ1n) is 9.10. The van der Waals surface area contributed by atoms with Gasteiger partial charge in [-0.05, 0) is 37.1 Å². The number of carbonyl (C=O) groups excluding carboxylic acids is 1. The van der Waals surface area contributed by atoms with E-state index in [9.17, 15) is 17.6 Å². The molecule has 1 fully saturated rings. The Bertz CT molecular complexity index is 1180. The van der Waals surface area contributed by atoms with Crippen LogP contribution in [-0.2, 0) is 21.4 Å². The number of thiazole rings is 1. The molecule has 1 saturated heterocycles. The second-order valence-corrected chi connectivity index (χ2v) is 11.5. The van der Waals surface area contributed by atoms with E-state index in [-0.39, 0.29) is 29.0 Å². The van der Waals surface area contributed by atoms with Gasteiger partial charge in [-0.25, -0.2) is 17.8 Å². The highest BCUT2D eigenvalue weighted by molar-refractivity contribution is 7.91. The number of thiophene rings is 1. The topological polar surface area (TPSA) is 79.4 Å². The van der Waals surface area contributed by atoms with Crippen molar-refractivity contribution in [2.75, 3.05) is 6.54 Å². The predicted octanol–water partition coefficient (Wildman–Crippen LogP) is 4.13. The number of aromatic nitrogens is 1. The number of hydrogen-bond donors (Lipinski definition) is 1. The van der Waals surface area contributed by atoms with E-state index in [4.69, 9.17) is 11.6 Å². The van der Waals surface area contributed by atoms with Crippen LogP contribution in [0.4, 0.5) is 4.39 Å². The second kappa shape index (κ2) is 8.72. The maximum absolute atomic E-state index is 13.4. The molecule has 1 amide bonds. The van der Waals surface area contributed by atoms with Gasteiger partial charge in [0.15, 0.2) is 0 Å². The van der Waals surface area contributed by atoms with Crippen LogP contribution in [-0.4, -0.2) is 36.2 Å². The van der Waals surface area contributed by atoms with Gasteiger partial charge in [0.2, 0.25) is 5.91 Å². The summed E-state index contributed by atoms with van der Waals surface area (Å²) in [6.45, 7) is 0.463. The molecule has 0 aliphatic carbocycles. The van der Waals surface area contributed by atoms with Crippen LogP contribution in [0.25, 0.3) is 11.3 Å². The highest BCUT2D eigenvalue weighted by Crippen LogP contribution is 2.32. The molecule has 4 rings (SSSR count). The summed E-state index contributed by atoms with van der Waals surface area (Å²) in [5, 5.41) is 5.23. The first-order valence-corrected chi connectivity index (χ1v) is 12.6. The fourth-order valence-electron chi connectivity index (χ4n) is 3.29. The van der Waals surface area contributed by atoms with Gasteiger partial charge in [-0.1, -0.05) is 23.7 Å². The average molecular weight is 486 g/mol. The van der Waals surface area contributed by atoms with Crippen LogP contribution in [0, 0.1) is 5.82 Å². The lowest BCUT2D eigenvalue weighted by molar-refractivity contribution is -0.124. The fourth-order valence-corrected chi connectivity index (χ4v) is 7.31. The Morgan fingerprint density at radius 3 is 2.90 bits per heavy atom. The van der Waals surface area contributed by atoms with Crippen LogP contribution in [0.3, 0.4) is 0 Å². The van der Waals surface area contributed by atoms with E-state index in [2.05, 4.69) is 10.3 Å². The number of nitrogens with one attached hydrogen (secondary N) is 1. The van der Waals surface area contributed by atoms with Crippen LogP contribution in [0.1, 0.15) is 17.8 Å². The molecule has 158 valence electrons. The van der Waals surface area contributed by atoms with Crippen LogP contribution < -0.4 is 5.32 Å². The van der Waals surface area contributed by atoms with E-state index in [0.29, 0.717) is 33.4 Å². The van der Waals surface area contributed by atoms with Gasteiger partial charge in [-0.15, -0.1) is 22.7 Å². The summed E-state index contributed by atoms with van der Waals surface area (Å²) in [7, 11) is -3.77. The third kappa shape index (κ3) is 4.42. The molecule has 0 radical (unpaired) electrons. The van der Waals surface area contributed by atoms with Crippen molar-refractivity contribution in [1.29, 1.82) is 0 Å². The van der Waals surface area contributed by atoms with Crippen molar-refractivity contribution in [1.82, 2.24) is 14.6 Å². The van der Waals surface area contributed by atoms with Crippen molar-refractivity contribution in [2.24, 2.45) is 0 Å². The zero-order chi connectivity index (χ0) is 21.3. The van der Waals surface area contributed by atoms with Crippen LogP contribution >= 0.6 is 34.3 Å². The molecule has 30 heavy (non-hydrogen) atoms. The average Bonchev–Trinajstić information content (AvgIpc) is 3.46. The number of amides is 1. The van der Waals surface area contributed by atoms with E-state index >= 15 is 0 Å². The van der Waals surface area contributed by atoms with Gasteiger partial charge in [0, 0.05) is 17.5 Å². The van der Waals surface area contributed by atoms with Crippen molar-refractivity contribution in [2.45, 2.75) is 29.6 Å². The lowest BCUT2D eigenvalue weighted by atomic mass is 10.2. The summed E-state index contributed by atoms with van der Waals surface area (Å²) >= 11 is 8.20. The Balaban J connectivity index is 1.43. The Labute approximate surface area is 186 Å². The fraction of sp³-hybridized carbons (Fsp3) is 0.263. The minimum atomic E-state index is -3.77. The lowest BCUT2D eigenvalue weighted by Crippen LogP contribution is -2.45. The van der Waals surface area contributed by atoms with Crippen LogP contribution in [0.5, 0.6) is 0 Å². The van der Waals surface area contributed by atoms with Gasteiger partial charge in [-0.3, -0.25) is 4.79 Å². The van der Waals surface area contributed by atoms with Gasteiger partial charge in [0.1, 0.15) is 21.1 Å². The Morgan fingerprint density at radius 1 is 1.33 bits per heavy atom. The van der Waals surface area contributed by atoms with Crippen molar-refractivity contribution in [3.8, 4) is 11.3 Å². The Kier molecular flexibility index (Phi) is 6.21. The van der Waals surface area contributed by atoms with E-state index in [1.54, 1.807) is 17.5 Å². The molecule has 0 bridgehead atoms. The molecular formula is C19H17ClFN3O3S3. The molecule has 0 spiro atoms. The van der Waals surface area contributed by atoms with Crippen molar-refractivity contribution >= 4 is 50.2 Å². The lowest BCUT2D eigenvalue weighted by Gasteiger charge is -2.22. The first kappa shape index (κ1) is 21.4. The maximum Gasteiger partial charge on any atom is 0.253 e. The highest BCUT2D eigenvalue weighted by Gasteiger charge is 2.40. The number of nitrogens with zero attached hydrogens (tertiary/aromatic N) is 2. The summed E-state index contributed by atoms with van der Waals surface area (Å²) in [5.74, 6) is -0.703. The largest absolute Gasteiger partial charge is 0.348 e. The molecule has 3 aromatic rings. The summed E-state index contributed by atoms with van der Waals surface area (Å²) in [4.78, 5) is 17.2. The minimum absolute atomic E-state index is 0.131. The quantitative estimate of drug-likeness (QED) is 0.569. The summed E-state index contributed by atoms with van der Waals surface area (Å²) < 4.78 is 40.9. The number of hydrogen-bond acceptors (Lipinski definition) is 6. The van der Waals surface area contributed by atoms with E-state index in [1.807, 2.05) is 0 Å². The van der Waals surface area contributed by atoms with Gasteiger partial charge >= 0.3 is 0 Å². The molecule has 0 saturated carbocycles. The van der Waals surface area contributed by atoms with E-state index in [0.717, 1.165) is 11.3 Å². The van der Waals surface area contributed by atoms with Crippen molar-refractivity contribution in [3.05, 3.63) is 56.9 Å². The molecule has 6 nitrogen and oxygen atoms in total. The zero-order valence-corrected chi connectivity index (χ0v) is 18.8. The molecule has 1 aliphatic heterocycles. The molecule has 1 aliphatic rings. The number of carbonyl (C=O) groups is 1. The van der Waals surface area contributed by atoms with E-state index in [1.165, 1.54) is 39.9 Å². The predicted molar refractivity (Wildman–Crippen MR) is 116 cm³/mol. The summed E-state index contributed by atoms with van der Waals surface area (Å²) in [6.07, 6.45) is 1.06. The molecule has 0 unspecified atom stereocenters. The molecule has 11 heteroatoms. The van der Waals surface area contributed by atoms with Gasteiger partial charge < -0.3 is 5.32 Å². The van der Waals surface area contributed by atoms with Gasteiger partial charge in [-0.2, -0.15) is 4.31 Å². The maximum atomic E-state index is 13.4. The summed E-state index contributed by atoms with van der Waals surface area (Å²) in [5.41, 5.74) is 1.29.